The maximum Gasteiger partial charge on any atom is 0.339 e. The molecule has 0 aliphatic heterocycles. The van der Waals surface area contributed by atoms with Gasteiger partial charge in [-0.15, -0.1) is 0 Å². The molecule has 0 radical (unpaired) electrons. The maximum atomic E-state index is 13.2. The van der Waals surface area contributed by atoms with Crippen molar-refractivity contribution in [1.82, 2.24) is 0 Å². The van der Waals surface area contributed by atoms with E-state index < -0.39 is 22.0 Å². The highest BCUT2D eigenvalue weighted by Gasteiger charge is 2.25. The summed E-state index contributed by atoms with van der Waals surface area (Å²) in [4.78, 5) is 24.1. The molecule has 0 amide bonds. The van der Waals surface area contributed by atoms with Gasteiger partial charge in [0.25, 0.3) is 10.0 Å². The highest BCUT2D eigenvalue weighted by molar-refractivity contribution is 7.92. The van der Waals surface area contributed by atoms with Crippen molar-refractivity contribution < 1.29 is 27.5 Å². The van der Waals surface area contributed by atoms with Crippen molar-refractivity contribution in [2.45, 2.75) is 32.6 Å². The summed E-state index contributed by atoms with van der Waals surface area (Å²) in [5, 5.41) is 0. The first-order valence-corrected chi connectivity index (χ1v) is 9.92. The molecule has 0 saturated carbocycles. The third-order valence-corrected chi connectivity index (χ3v) is 6.29. The van der Waals surface area contributed by atoms with E-state index in [1.54, 1.807) is 13.8 Å². The van der Waals surface area contributed by atoms with E-state index in [0.29, 0.717) is 11.1 Å². The number of hydrogen-bond donors (Lipinski definition) is 1. The molecule has 150 valence electrons. The lowest BCUT2D eigenvalue weighted by Crippen LogP contribution is -2.19. The van der Waals surface area contributed by atoms with Crippen LogP contribution in [0.1, 0.15) is 43.0 Å². The van der Waals surface area contributed by atoms with Crippen LogP contribution in [0.15, 0.2) is 29.2 Å². The van der Waals surface area contributed by atoms with Gasteiger partial charge in [0.1, 0.15) is 0 Å². The summed E-state index contributed by atoms with van der Waals surface area (Å²) >= 11 is 0. The summed E-state index contributed by atoms with van der Waals surface area (Å²) in [7, 11) is -1.64. The Kier molecular flexibility index (Phi) is 6.14. The molecule has 0 unspecified atom stereocenters. The fraction of sp³-hybridized carbons (Fsp3) is 0.300. The van der Waals surface area contributed by atoms with Crippen LogP contribution in [0.25, 0.3) is 0 Å². The van der Waals surface area contributed by atoms with E-state index in [1.807, 2.05) is 19.9 Å². The van der Waals surface area contributed by atoms with E-state index >= 15 is 0 Å². The second-order valence-electron chi connectivity index (χ2n) is 6.44. The number of hydrogen-bond acceptors (Lipinski definition) is 6. The lowest BCUT2D eigenvalue weighted by atomic mass is 10.0. The normalized spacial score (nSPS) is 11.1. The molecule has 2 rings (SSSR count). The quantitative estimate of drug-likeness (QED) is 0.767. The molecule has 0 aromatic heterocycles. The van der Waals surface area contributed by atoms with Crippen molar-refractivity contribution in [1.29, 1.82) is 0 Å². The summed E-state index contributed by atoms with van der Waals surface area (Å²) in [5.74, 6) is -1.39. The van der Waals surface area contributed by atoms with E-state index in [2.05, 4.69) is 9.46 Å². The van der Waals surface area contributed by atoms with Gasteiger partial charge in [0.15, 0.2) is 0 Å². The lowest BCUT2D eigenvalue weighted by Gasteiger charge is -2.18. The predicted molar refractivity (Wildman–Crippen MR) is 105 cm³/mol. The van der Waals surface area contributed by atoms with Gasteiger partial charge in [-0.1, -0.05) is 6.07 Å². The summed E-state index contributed by atoms with van der Waals surface area (Å²) in [6, 6.07) is 5.85. The van der Waals surface area contributed by atoms with Crippen molar-refractivity contribution in [3.05, 3.63) is 57.6 Å². The molecule has 0 aliphatic rings. The number of benzene rings is 2. The molecule has 0 spiro atoms. The Labute approximate surface area is 164 Å². The Bertz CT molecular complexity index is 1030. The van der Waals surface area contributed by atoms with Crippen LogP contribution in [0.5, 0.6) is 0 Å². The minimum atomic E-state index is -4.04. The molecule has 0 aliphatic carbocycles. The first kappa shape index (κ1) is 21.4. The third kappa shape index (κ3) is 4.01. The number of carbonyl (C=O) groups excluding carboxylic acids is 2. The van der Waals surface area contributed by atoms with Gasteiger partial charge >= 0.3 is 11.9 Å². The van der Waals surface area contributed by atoms with Crippen LogP contribution in [-0.4, -0.2) is 34.6 Å². The van der Waals surface area contributed by atoms with E-state index in [1.165, 1.54) is 32.4 Å². The molecule has 0 bridgehead atoms. The van der Waals surface area contributed by atoms with Crippen molar-refractivity contribution in [3.63, 3.8) is 0 Å². The Morgan fingerprint density at radius 3 is 1.89 bits per heavy atom. The van der Waals surface area contributed by atoms with Gasteiger partial charge in [-0.05, 0) is 68.1 Å². The molecule has 7 nitrogen and oxygen atoms in total. The predicted octanol–water partition coefficient (Wildman–Crippen LogP) is 3.29. The minimum absolute atomic E-state index is 0.0154. The zero-order valence-electron chi connectivity index (χ0n) is 16.7. The highest BCUT2D eigenvalue weighted by atomic mass is 32.2. The van der Waals surface area contributed by atoms with Crippen LogP contribution >= 0.6 is 0 Å². The monoisotopic (exact) mass is 405 g/mol. The zero-order valence-corrected chi connectivity index (χ0v) is 17.5. The van der Waals surface area contributed by atoms with Crippen LogP contribution in [0.3, 0.4) is 0 Å². The number of carbonyl (C=O) groups is 2. The summed E-state index contributed by atoms with van der Waals surface area (Å²) < 4.78 is 38.2. The third-order valence-electron chi connectivity index (χ3n) is 4.66. The molecule has 8 heteroatoms. The molecule has 0 atom stereocenters. The molecule has 0 saturated heterocycles. The van der Waals surface area contributed by atoms with Crippen LogP contribution in [0.4, 0.5) is 5.69 Å². The fourth-order valence-electron chi connectivity index (χ4n) is 2.94. The standard InChI is InChI=1S/C20H23NO6S/c1-11-9-12(2)14(4)18(13(11)3)28(24,25)21-17-10-15(19(22)26-5)7-8-16(17)20(23)27-6/h7-10,21H,1-6H3. The fourth-order valence-corrected chi connectivity index (χ4v) is 4.63. The molecular formula is C20H23NO6S. The molecule has 0 fully saturated rings. The van der Waals surface area contributed by atoms with E-state index in [0.717, 1.165) is 11.1 Å². The Hall–Kier alpha value is -2.87. The molecular weight excluding hydrogens is 382 g/mol. The molecule has 28 heavy (non-hydrogen) atoms. The average Bonchev–Trinajstić information content (AvgIpc) is 2.64. The van der Waals surface area contributed by atoms with Crippen LogP contribution in [0, 0.1) is 27.7 Å². The Balaban J connectivity index is 2.66. The topological polar surface area (TPSA) is 98.8 Å². The average molecular weight is 405 g/mol. The van der Waals surface area contributed by atoms with Gasteiger partial charge in [-0.3, -0.25) is 4.72 Å². The summed E-state index contributed by atoms with van der Waals surface area (Å²) in [5.41, 5.74) is 2.91. The Morgan fingerprint density at radius 2 is 1.39 bits per heavy atom. The maximum absolute atomic E-state index is 13.2. The number of nitrogens with one attached hydrogen (secondary N) is 1. The zero-order chi connectivity index (χ0) is 21.2. The van der Waals surface area contributed by atoms with Crippen molar-refractivity contribution in [2.24, 2.45) is 0 Å². The smallest absolute Gasteiger partial charge is 0.339 e. The first-order valence-electron chi connectivity index (χ1n) is 8.44. The van der Waals surface area contributed by atoms with Crippen molar-refractivity contribution in [2.75, 3.05) is 18.9 Å². The summed E-state index contributed by atoms with van der Waals surface area (Å²) in [6.45, 7) is 7.11. The van der Waals surface area contributed by atoms with Crippen LogP contribution in [-0.2, 0) is 19.5 Å². The number of methoxy groups -OCH3 is 2. The van der Waals surface area contributed by atoms with Crippen molar-refractivity contribution >= 4 is 27.6 Å². The van der Waals surface area contributed by atoms with Gasteiger partial charge in [0.2, 0.25) is 0 Å². The van der Waals surface area contributed by atoms with Crippen molar-refractivity contribution in [3.8, 4) is 0 Å². The van der Waals surface area contributed by atoms with E-state index in [4.69, 9.17) is 4.74 Å². The molecule has 2 aromatic rings. The number of anilines is 1. The van der Waals surface area contributed by atoms with E-state index in [9.17, 15) is 18.0 Å². The Morgan fingerprint density at radius 1 is 0.857 bits per heavy atom. The van der Waals surface area contributed by atoms with Gasteiger partial charge in [0, 0.05) is 0 Å². The number of esters is 2. The van der Waals surface area contributed by atoms with Gasteiger partial charge in [-0.2, -0.15) is 0 Å². The number of aryl methyl sites for hydroxylation is 2. The van der Waals surface area contributed by atoms with Crippen LogP contribution < -0.4 is 4.72 Å². The van der Waals surface area contributed by atoms with E-state index in [-0.39, 0.29) is 21.7 Å². The summed E-state index contributed by atoms with van der Waals surface area (Å²) in [6.07, 6.45) is 0. The number of sulfonamides is 1. The van der Waals surface area contributed by atoms with Gasteiger partial charge < -0.3 is 9.47 Å². The second-order valence-corrected chi connectivity index (χ2v) is 8.06. The van der Waals surface area contributed by atoms with Crippen LogP contribution in [0.2, 0.25) is 0 Å². The minimum Gasteiger partial charge on any atom is -0.465 e. The first-order chi connectivity index (χ1) is 13.0. The van der Waals surface area contributed by atoms with Gasteiger partial charge in [-0.25, -0.2) is 18.0 Å². The largest absolute Gasteiger partial charge is 0.465 e. The number of rotatable bonds is 5. The molecule has 2 aromatic carbocycles. The van der Waals surface area contributed by atoms with Gasteiger partial charge in [0.05, 0.1) is 35.9 Å². The second kappa shape index (κ2) is 8.02. The molecule has 0 heterocycles. The highest BCUT2D eigenvalue weighted by Crippen LogP contribution is 2.29. The number of ether oxygens (including phenoxy) is 2. The SMILES string of the molecule is COC(=O)c1ccc(C(=O)OC)c(NS(=O)(=O)c2c(C)c(C)cc(C)c2C)c1. The lowest BCUT2D eigenvalue weighted by molar-refractivity contribution is 0.0587. The molecule has 1 N–H and O–H groups in total.